The van der Waals surface area contributed by atoms with E-state index in [9.17, 15) is 10.0 Å². The van der Waals surface area contributed by atoms with Crippen molar-refractivity contribution in [1.29, 1.82) is 0 Å². The number of hydrogen-bond donors (Lipinski definition) is 0. The zero-order valence-electron chi connectivity index (χ0n) is 14.9. The molecule has 0 unspecified atom stereocenters. The second-order valence-corrected chi connectivity index (χ2v) is 5.47. The first-order chi connectivity index (χ1) is 13.1. The first-order valence-electron chi connectivity index (χ1n) is 8.37. The number of nitrogens with zero attached hydrogens (tertiary/aromatic N) is 2. The maximum Gasteiger partial charge on any atom is 0.330 e. The van der Waals surface area contributed by atoms with Gasteiger partial charge >= 0.3 is 5.97 Å². The van der Waals surface area contributed by atoms with E-state index in [1.54, 1.807) is 12.1 Å². The van der Waals surface area contributed by atoms with E-state index in [1.165, 1.54) is 0 Å². The summed E-state index contributed by atoms with van der Waals surface area (Å²) >= 11 is 0. The zero-order chi connectivity index (χ0) is 19.5. The number of oxime groups is 1. The van der Waals surface area contributed by atoms with Crippen LogP contribution in [0.1, 0.15) is 12.8 Å². The van der Waals surface area contributed by atoms with Gasteiger partial charge in [0.05, 0.1) is 18.9 Å². The highest BCUT2D eigenvalue weighted by molar-refractivity contribution is 5.81. The van der Waals surface area contributed by atoms with Crippen LogP contribution in [-0.2, 0) is 14.5 Å². The van der Waals surface area contributed by atoms with Crippen LogP contribution in [0.5, 0.6) is 5.75 Å². The van der Waals surface area contributed by atoms with E-state index >= 15 is 0 Å². The van der Waals surface area contributed by atoms with Gasteiger partial charge in [0.25, 0.3) is 0 Å². The lowest BCUT2D eigenvalue weighted by Gasteiger charge is -2.24. The van der Waals surface area contributed by atoms with E-state index in [2.05, 4.69) is 23.4 Å². The van der Waals surface area contributed by atoms with E-state index in [1.807, 2.05) is 36.4 Å². The summed E-state index contributed by atoms with van der Waals surface area (Å²) in [6, 6.07) is 14.5. The first kappa shape index (κ1) is 20.0. The van der Waals surface area contributed by atoms with Crippen molar-refractivity contribution in [2.45, 2.75) is 12.8 Å². The Hall–Kier alpha value is -3.32. The van der Waals surface area contributed by atoms with Gasteiger partial charge in [-0.05, 0) is 48.2 Å². The Balaban J connectivity index is 1.80. The normalized spacial score (nSPS) is 9.96. The summed E-state index contributed by atoms with van der Waals surface area (Å²) in [5, 5.41) is 14.8. The number of unbranched alkanes of at least 4 members (excludes halogenated alkanes) is 1. The number of esters is 1. The molecular formula is C20H21N2O5-. The van der Waals surface area contributed by atoms with Crippen LogP contribution in [0.3, 0.4) is 0 Å². The highest BCUT2D eigenvalue weighted by Crippen LogP contribution is 2.25. The lowest BCUT2D eigenvalue weighted by molar-refractivity contribution is -0.137. The van der Waals surface area contributed by atoms with Gasteiger partial charge in [-0.3, -0.25) is 4.94 Å². The molecule has 0 aliphatic heterocycles. The Labute approximate surface area is 158 Å². The Morgan fingerprint density at radius 1 is 1.04 bits per heavy atom. The number of benzene rings is 2. The molecule has 0 fully saturated rings. The lowest BCUT2D eigenvalue weighted by Crippen LogP contribution is -2.11. The Morgan fingerprint density at radius 3 is 2.22 bits per heavy atom. The maximum atomic E-state index is 11.5. The first-order valence-corrected chi connectivity index (χ1v) is 8.37. The molecule has 0 aliphatic rings. The lowest BCUT2D eigenvalue weighted by atomic mass is 10.1. The largest absolute Gasteiger partial charge is 0.722 e. The molecule has 0 spiro atoms. The highest BCUT2D eigenvalue weighted by atomic mass is 17.0. The van der Waals surface area contributed by atoms with Gasteiger partial charge in [0.2, 0.25) is 0 Å². The van der Waals surface area contributed by atoms with Crippen molar-refractivity contribution in [3.05, 3.63) is 66.4 Å². The molecule has 0 aliphatic carbocycles. The van der Waals surface area contributed by atoms with Gasteiger partial charge < -0.3 is 14.7 Å². The van der Waals surface area contributed by atoms with Gasteiger partial charge in [0.1, 0.15) is 5.75 Å². The minimum Gasteiger partial charge on any atom is -0.722 e. The van der Waals surface area contributed by atoms with Crippen molar-refractivity contribution in [3.8, 4) is 16.9 Å². The molecule has 0 bridgehead atoms. The number of carbonyl (C=O) groups is 1. The fraction of sp³-hybridized carbons (Fsp3) is 0.200. The van der Waals surface area contributed by atoms with E-state index in [0.29, 0.717) is 18.9 Å². The average Bonchev–Trinajstić information content (AvgIpc) is 2.71. The van der Waals surface area contributed by atoms with Crippen molar-refractivity contribution in [3.63, 3.8) is 0 Å². The molecule has 0 aromatic heterocycles. The molecule has 0 saturated heterocycles. The molecule has 7 heteroatoms. The van der Waals surface area contributed by atoms with Gasteiger partial charge in [0, 0.05) is 12.8 Å². The topological polar surface area (TPSA) is 83.4 Å². The van der Waals surface area contributed by atoms with Crippen LogP contribution in [0.2, 0.25) is 0 Å². The molecule has 0 saturated carbocycles. The van der Waals surface area contributed by atoms with E-state index < -0.39 is 5.97 Å². The summed E-state index contributed by atoms with van der Waals surface area (Å²) < 4.78 is 10.6. The van der Waals surface area contributed by atoms with Gasteiger partial charge in [-0.15, -0.1) is 0 Å². The van der Waals surface area contributed by atoms with Crippen LogP contribution in [0.25, 0.3) is 11.1 Å². The summed E-state index contributed by atoms with van der Waals surface area (Å²) in [5.41, 5.74) is 2.27. The minimum atomic E-state index is -0.410. The maximum absolute atomic E-state index is 11.5. The number of carbonyl (C=O) groups excluding carboxylic acids is 1. The summed E-state index contributed by atoms with van der Waals surface area (Å²) in [6.07, 6.45) is 2.65. The molecule has 2 rings (SSSR count). The van der Waals surface area contributed by atoms with Gasteiger partial charge in [-0.2, -0.15) is 0 Å². The van der Waals surface area contributed by atoms with Crippen LogP contribution in [0.4, 0.5) is 5.69 Å². The summed E-state index contributed by atoms with van der Waals surface area (Å²) in [4.78, 5) is 15.3. The summed E-state index contributed by atoms with van der Waals surface area (Å²) in [7, 11) is 0. The predicted octanol–water partition coefficient (Wildman–Crippen LogP) is 4.09. The van der Waals surface area contributed by atoms with Gasteiger partial charge in [0.15, 0.2) is 0 Å². The quantitative estimate of drug-likeness (QED) is 0.195. The predicted molar refractivity (Wildman–Crippen MR) is 104 cm³/mol. The molecule has 142 valence electrons. The molecule has 0 N–H and O–H groups in total. The van der Waals surface area contributed by atoms with Gasteiger partial charge in [-0.25, -0.2) is 10.0 Å². The third-order valence-electron chi connectivity index (χ3n) is 3.62. The van der Waals surface area contributed by atoms with Crippen molar-refractivity contribution >= 4 is 18.4 Å². The second-order valence-electron chi connectivity index (χ2n) is 5.47. The number of ether oxygens (including phenoxy) is 2. The van der Waals surface area contributed by atoms with Crippen LogP contribution < -0.4 is 9.96 Å². The molecular weight excluding hydrogens is 348 g/mol. The average molecular weight is 369 g/mol. The highest BCUT2D eigenvalue weighted by Gasteiger charge is 2.02. The number of hydrogen-bond acceptors (Lipinski definition) is 7. The Bertz CT molecular complexity index is 744. The third kappa shape index (κ3) is 6.48. The van der Waals surface area contributed by atoms with Gasteiger partial charge in [-0.1, -0.05) is 36.0 Å². The van der Waals surface area contributed by atoms with Crippen LogP contribution in [-0.4, -0.2) is 25.9 Å². The van der Waals surface area contributed by atoms with Crippen molar-refractivity contribution in [2.75, 3.05) is 18.4 Å². The van der Waals surface area contributed by atoms with Crippen LogP contribution in [0.15, 0.2) is 66.3 Å². The molecule has 7 nitrogen and oxygen atoms in total. The smallest absolute Gasteiger partial charge is 0.330 e. The second kappa shape index (κ2) is 10.6. The molecule has 0 heterocycles. The monoisotopic (exact) mass is 369 g/mol. The molecule has 2 aromatic carbocycles. The number of rotatable bonds is 11. The fourth-order valence-electron chi connectivity index (χ4n) is 2.24. The zero-order valence-corrected chi connectivity index (χ0v) is 14.9. The van der Waals surface area contributed by atoms with Crippen LogP contribution in [0, 0.1) is 5.21 Å². The Morgan fingerprint density at radius 2 is 1.63 bits per heavy atom. The molecule has 0 amide bonds. The van der Waals surface area contributed by atoms with E-state index in [0.717, 1.165) is 35.8 Å². The van der Waals surface area contributed by atoms with Crippen LogP contribution >= 0.6 is 0 Å². The number of anilines is 1. The molecule has 0 radical (unpaired) electrons. The van der Waals surface area contributed by atoms with E-state index in [4.69, 9.17) is 9.47 Å². The summed E-state index contributed by atoms with van der Waals surface area (Å²) in [6.45, 7) is 7.33. The molecule has 27 heavy (non-hydrogen) atoms. The SMILES string of the molecule is C=CC(=O)OCCCCOc1ccc(-c2ccc(N([O-])ON=C)cc2)cc1. The Kier molecular flexibility index (Phi) is 7.87. The molecule has 0 atom stereocenters. The van der Waals surface area contributed by atoms with Crippen molar-refractivity contribution in [2.24, 2.45) is 5.16 Å². The van der Waals surface area contributed by atoms with Crippen molar-refractivity contribution < 1.29 is 19.2 Å². The fourth-order valence-corrected chi connectivity index (χ4v) is 2.24. The minimum absolute atomic E-state index is 0.284. The standard InChI is InChI=1S/C20H21N2O5/c1-3-20(23)26-15-5-4-14-25-19-12-8-17(9-13-19)16-6-10-18(11-7-16)22(24)27-21-2/h3,6-13H,1-2,4-5,14-15H2/q-1. The summed E-state index contributed by atoms with van der Waals surface area (Å²) in [5.74, 6) is 0.349. The van der Waals surface area contributed by atoms with E-state index in [-0.39, 0.29) is 5.23 Å². The third-order valence-corrected chi connectivity index (χ3v) is 3.62. The molecule has 2 aromatic rings. The van der Waals surface area contributed by atoms with Crippen molar-refractivity contribution in [1.82, 2.24) is 0 Å².